The van der Waals surface area contributed by atoms with Gasteiger partial charge in [0, 0.05) is 29.4 Å². The van der Waals surface area contributed by atoms with Crippen LogP contribution in [0, 0.1) is 0 Å². The Kier molecular flexibility index (Phi) is 4.86. The van der Waals surface area contributed by atoms with Gasteiger partial charge < -0.3 is 10.3 Å². The van der Waals surface area contributed by atoms with E-state index in [4.69, 9.17) is 0 Å². The van der Waals surface area contributed by atoms with Gasteiger partial charge in [0.25, 0.3) is 5.91 Å². The number of nitrogens with one attached hydrogen (secondary N) is 2. The first-order valence-corrected chi connectivity index (χ1v) is 8.89. The third-order valence-electron chi connectivity index (χ3n) is 3.55. The van der Waals surface area contributed by atoms with E-state index in [1.54, 1.807) is 36.7 Å². The molecule has 0 aliphatic rings. The second-order valence-electron chi connectivity index (χ2n) is 5.10. The largest absolute Gasteiger partial charge is 0.345 e. The Morgan fingerprint density at radius 2 is 1.92 bits per heavy atom. The fourth-order valence-corrected chi connectivity index (χ4v) is 3.29. The van der Waals surface area contributed by atoms with Crippen LogP contribution in [-0.4, -0.2) is 25.8 Å². The number of aromatic nitrogens is 2. The summed E-state index contributed by atoms with van der Waals surface area (Å²) in [7, 11) is -1.18. The van der Waals surface area contributed by atoms with Gasteiger partial charge in [-0.15, -0.1) is 0 Å². The molecule has 0 bridgehead atoms. The smallest absolute Gasteiger partial charge is 0.256 e. The SMILES string of the molecule is CCS(=O)c1ccccc1C(=O)Nc1ccc(-c2ncc[nH]2)cc1. The van der Waals surface area contributed by atoms with E-state index in [0.29, 0.717) is 21.9 Å². The highest BCUT2D eigenvalue weighted by molar-refractivity contribution is 7.85. The molecule has 0 aliphatic heterocycles. The highest BCUT2D eigenvalue weighted by atomic mass is 32.2. The quantitative estimate of drug-likeness (QED) is 0.747. The van der Waals surface area contributed by atoms with Crippen molar-refractivity contribution >= 4 is 22.4 Å². The van der Waals surface area contributed by atoms with Gasteiger partial charge in [-0.05, 0) is 36.4 Å². The second-order valence-corrected chi connectivity index (χ2v) is 6.81. The van der Waals surface area contributed by atoms with Crippen LogP contribution in [0.1, 0.15) is 17.3 Å². The van der Waals surface area contributed by atoms with Gasteiger partial charge in [-0.2, -0.15) is 0 Å². The Hall–Kier alpha value is -2.73. The number of benzene rings is 2. The summed E-state index contributed by atoms with van der Waals surface area (Å²) in [5.74, 6) is 0.983. The number of H-pyrrole nitrogens is 1. The Morgan fingerprint density at radius 1 is 1.17 bits per heavy atom. The zero-order chi connectivity index (χ0) is 16.9. The van der Waals surface area contributed by atoms with Crippen molar-refractivity contribution in [3.63, 3.8) is 0 Å². The van der Waals surface area contributed by atoms with E-state index in [-0.39, 0.29) is 5.91 Å². The molecule has 0 spiro atoms. The number of rotatable bonds is 5. The van der Waals surface area contributed by atoms with Gasteiger partial charge >= 0.3 is 0 Å². The van der Waals surface area contributed by atoms with Crippen LogP contribution >= 0.6 is 0 Å². The van der Waals surface area contributed by atoms with Crippen LogP contribution in [0.3, 0.4) is 0 Å². The molecule has 122 valence electrons. The fraction of sp³-hybridized carbons (Fsp3) is 0.111. The van der Waals surface area contributed by atoms with Gasteiger partial charge in [0.2, 0.25) is 0 Å². The van der Waals surface area contributed by atoms with Crippen LogP contribution in [0.4, 0.5) is 5.69 Å². The number of nitrogens with zero attached hydrogens (tertiary/aromatic N) is 1. The molecular formula is C18H17N3O2S. The number of carbonyl (C=O) groups excluding carboxylic acids is 1. The second kappa shape index (κ2) is 7.23. The minimum atomic E-state index is -1.18. The van der Waals surface area contributed by atoms with Crippen molar-refractivity contribution in [1.29, 1.82) is 0 Å². The summed E-state index contributed by atoms with van der Waals surface area (Å²) in [4.78, 5) is 20.3. The van der Waals surface area contributed by atoms with Crippen molar-refractivity contribution in [3.8, 4) is 11.4 Å². The predicted molar refractivity (Wildman–Crippen MR) is 95.4 cm³/mol. The molecule has 1 heterocycles. The maximum Gasteiger partial charge on any atom is 0.256 e. The Balaban J connectivity index is 1.79. The summed E-state index contributed by atoms with van der Waals surface area (Å²) in [6, 6.07) is 14.4. The Bertz CT molecular complexity index is 858. The van der Waals surface area contributed by atoms with E-state index in [2.05, 4.69) is 15.3 Å². The first kappa shape index (κ1) is 16.1. The molecule has 2 N–H and O–H groups in total. The molecule has 1 atom stereocenters. The van der Waals surface area contributed by atoms with Gasteiger partial charge in [-0.3, -0.25) is 9.00 Å². The molecule has 0 fully saturated rings. The van der Waals surface area contributed by atoms with Gasteiger partial charge in [-0.1, -0.05) is 19.1 Å². The molecule has 0 saturated carbocycles. The maximum absolute atomic E-state index is 12.5. The molecule has 2 aromatic carbocycles. The molecule has 6 heteroatoms. The van der Waals surface area contributed by atoms with E-state index < -0.39 is 10.8 Å². The van der Waals surface area contributed by atoms with Gasteiger partial charge in [0.05, 0.1) is 21.3 Å². The first-order valence-electron chi connectivity index (χ1n) is 7.57. The summed E-state index contributed by atoms with van der Waals surface area (Å²) in [6.07, 6.45) is 3.45. The van der Waals surface area contributed by atoms with Crippen LogP contribution in [0.25, 0.3) is 11.4 Å². The normalized spacial score (nSPS) is 11.9. The number of anilines is 1. The molecule has 1 aromatic heterocycles. The molecule has 1 unspecified atom stereocenters. The van der Waals surface area contributed by atoms with Crippen molar-refractivity contribution in [2.45, 2.75) is 11.8 Å². The van der Waals surface area contributed by atoms with E-state index in [1.807, 2.05) is 31.2 Å². The standard InChI is InChI=1S/C18H17N3O2S/c1-2-24(23)16-6-4-3-5-15(16)18(22)21-14-9-7-13(8-10-14)17-19-11-12-20-17/h3-12H,2H2,1H3,(H,19,20)(H,21,22). The highest BCUT2D eigenvalue weighted by Crippen LogP contribution is 2.20. The molecule has 3 rings (SSSR count). The minimum absolute atomic E-state index is 0.266. The molecule has 0 aliphatic carbocycles. The van der Waals surface area contributed by atoms with Crippen molar-refractivity contribution in [3.05, 3.63) is 66.5 Å². The molecule has 0 saturated heterocycles. The van der Waals surface area contributed by atoms with Crippen LogP contribution < -0.4 is 5.32 Å². The first-order chi connectivity index (χ1) is 11.7. The van der Waals surface area contributed by atoms with Crippen molar-refractivity contribution < 1.29 is 9.00 Å². The van der Waals surface area contributed by atoms with Crippen molar-refractivity contribution in [2.75, 3.05) is 11.1 Å². The average Bonchev–Trinajstić information content (AvgIpc) is 3.16. The van der Waals surface area contributed by atoms with Crippen LogP contribution in [0.2, 0.25) is 0 Å². The molecular weight excluding hydrogens is 322 g/mol. The van der Waals surface area contributed by atoms with Gasteiger partial charge in [-0.25, -0.2) is 4.98 Å². The molecule has 24 heavy (non-hydrogen) atoms. The summed E-state index contributed by atoms with van der Waals surface area (Å²) >= 11 is 0. The number of imidazole rings is 1. The lowest BCUT2D eigenvalue weighted by Gasteiger charge is -2.09. The maximum atomic E-state index is 12.5. The third kappa shape index (κ3) is 3.44. The summed E-state index contributed by atoms with van der Waals surface area (Å²) in [6.45, 7) is 1.83. The van der Waals surface area contributed by atoms with E-state index >= 15 is 0 Å². The molecule has 1 amide bonds. The number of hydrogen-bond donors (Lipinski definition) is 2. The monoisotopic (exact) mass is 339 g/mol. The number of aromatic amines is 1. The third-order valence-corrected chi connectivity index (χ3v) is 4.92. The van der Waals surface area contributed by atoms with Crippen LogP contribution in [0.5, 0.6) is 0 Å². The summed E-state index contributed by atoms with van der Waals surface area (Å²) < 4.78 is 12.1. The van der Waals surface area contributed by atoms with Crippen molar-refractivity contribution in [1.82, 2.24) is 9.97 Å². The molecule has 0 radical (unpaired) electrons. The molecule has 5 nitrogen and oxygen atoms in total. The van der Waals surface area contributed by atoms with E-state index in [0.717, 1.165) is 11.4 Å². The number of carbonyl (C=O) groups is 1. The highest BCUT2D eigenvalue weighted by Gasteiger charge is 2.14. The van der Waals surface area contributed by atoms with Gasteiger partial charge in [0.1, 0.15) is 5.82 Å². The predicted octanol–water partition coefficient (Wildman–Crippen LogP) is 3.46. The average molecular weight is 339 g/mol. The zero-order valence-electron chi connectivity index (χ0n) is 13.2. The fourth-order valence-electron chi connectivity index (χ4n) is 2.34. The topological polar surface area (TPSA) is 74.8 Å². The molecule has 3 aromatic rings. The Labute approximate surface area is 142 Å². The minimum Gasteiger partial charge on any atom is -0.345 e. The lowest BCUT2D eigenvalue weighted by molar-refractivity contribution is 0.102. The lowest BCUT2D eigenvalue weighted by Crippen LogP contribution is -2.15. The van der Waals surface area contributed by atoms with E-state index in [9.17, 15) is 9.00 Å². The number of hydrogen-bond acceptors (Lipinski definition) is 3. The van der Waals surface area contributed by atoms with Crippen LogP contribution in [0.15, 0.2) is 65.8 Å². The lowest BCUT2D eigenvalue weighted by atomic mass is 10.1. The van der Waals surface area contributed by atoms with Crippen molar-refractivity contribution in [2.24, 2.45) is 0 Å². The van der Waals surface area contributed by atoms with E-state index in [1.165, 1.54) is 0 Å². The summed E-state index contributed by atoms with van der Waals surface area (Å²) in [5.41, 5.74) is 2.05. The van der Waals surface area contributed by atoms with Crippen LogP contribution in [-0.2, 0) is 10.8 Å². The zero-order valence-corrected chi connectivity index (χ0v) is 14.0. The Morgan fingerprint density at radius 3 is 2.58 bits per heavy atom. The number of amides is 1. The summed E-state index contributed by atoms with van der Waals surface area (Å²) in [5, 5.41) is 2.85. The van der Waals surface area contributed by atoms with Gasteiger partial charge in [0.15, 0.2) is 0 Å².